The third-order valence-corrected chi connectivity index (χ3v) is 2.27. The number of aromatic nitrogens is 1. The molecule has 77 valence electrons. The zero-order chi connectivity index (χ0) is 11.1. The lowest BCUT2D eigenvalue weighted by Gasteiger charge is -2.09. The van der Waals surface area contributed by atoms with Crippen molar-refractivity contribution in [1.82, 2.24) is 4.98 Å². The minimum absolute atomic E-state index is 0.120. The summed E-state index contributed by atoms with van der Waals surface area (Å²) >= 11 is 0. The van der Waals surface area contributed by atoms with E-state index in [4.69, 9.17) is 5.26 Å². The van der Waals surface area contributed by atoms with E-state index in [2.05, 4.69) is 11.2 Å². The third kappa shape index (κ3) is 1.94. The third-order valence-electron chi connectivity index (χ3n) is 2.27. The summed E-state index contributed by atoms with van der Waals surface area (Å²) in [6.45, 7) is 0. The van der Waals surface area contributed by atoms with E-state index in [0.717, 1.165) is 18.9 Å². The lowest BCUT2D eigenvalue weighted by atomic mass is 10.1. The Balaban J connectivity index is 2.48. The van der Waals surface area contributed by atoms with Gasteiger partial charge in [-0.25, -0.2) is 4.98 Å². The smallest absolute Gasteiger partial charge is 0.249 e. The minimum Gasteiger partial charge on any atom is -0.249 e. The molecule has 1 radical (unpaired) electrons. The Bertz CT molecular complexity index is 427. The van der Waals surface area contributed by atoms with Crippen LogP contribution >= 0.6 is 0 Å². The van der Waals surface area contributed by atoms with Crippen LogP contribution in [0.25, 0.3) is 0 Å². The predicted octanol–water partition coefficient (Wildman–Crippen LogP) is 2.65. The Labute approximate surface area is 84.4 Å². The van der Waals surface area contributed by atoms with E-state index in [-0.39, 0.29) is 5.92 Å². The van der Waals surface area contributed by atoms with Gasteiger partial charge in [0.25, 0.3) is 0 Å². The molecule has 1 saturated carbocycles. The number of pyridine rings is 1. The van der Waals surface area contributed by atoms with Gasteiger partial charge >= 0.3 is 6.18 Å². The highest BCUT2D eigenvalue weighted by Gasteiger charge is 2.36. The Morgan fingerprint density at radius 2 is 2.13 bits per heavy atom. The maximum atomic E-state index is 12.5. The summed E-state index contributed by atoms with van der Waals surface area (Å²) in [6, 6.07) is 2.42. The van der Waals surface area contributed by atoms with Gasteiger partial charge in [-0.05, 0) is 18.9 Å². The first-order chi connectivity index (χ1) is 7.02. The normalized spacial score (nSPS) is 16.1. The van der Waals surface area contributed by atoms with Gasteiger partial charge in [0.05, 0.1) is 11.1 Å². The molecule has 1 aliphatic carbocycles. The van der Waals surface area contributed by atoms with Gasteiger partial charge in [-0.15, -0.1) is 0 Å². The quantitative estimate of drug-likeness (QED) is 0.715. The molecular formula is C10H6F3N2. The molecule has 0 bridgehead atoms. The molecule has 2 nitrogen and oxygen atoms in total. The molecule has 1 heterocycles. The van der Waals surface area contributed by atoms with Crippen LogP contribution in [0.5, 0.6) is 0 Å². The summed E-state index contributed by atoms with van der Waals surface area (Å²) in [5.41, 5.74) is -1.07. The van der Waals surface area contributed by atoms with Gasteiger partial charge in [-0.2, -0.15) is 18.4 Å². The van der Waals surface area contributed by atoms with Gasteiger partial charge in [-0.3, -0.25) is 0 Å². The monoisotopic (exact) mass is 211 g/mol. The van der Waals surface area contributed by atoms with E-state index < -0.39 is 17.3 Å². The molecular weight excluding hydrogens is 205 g/mol. The standard InChI is InChI=1S/C10H6F3N2/c11-10(12,13)8-3-9(6-1-2-6)15-5-7(8)4-14/h3,6H,1-2H2. The first-order valence-corrected chi connectivity index (χ1v) is 4.42. The average molecular weight is 211 g/mol. The van der Waals surface area contributed by atoms with Crippen molar-refractivity contribution in [2.75, 3.05) is 0 Å². The van der Waals surface area contributed by atoms with Crippen LogP contribution in [0.2, 0.25) is 0 Å². The first-order valence-electron chi connectivity index (χ1n) is 4.42. The maximum absolute atomic E-state index is 12.5. The largest absolute Gasteiger partial charge is 0.417 e. The fourth-order valence-electron chi connectivity index (χ4n) is 1.33. The molecule has 0 amide bonds. The highest BCUT2D eigenvalue weighted by Crippen LogP contribution is 2.41. The Morgan fingerprint density at radius 1 is 1.47 bits per heavy atom. The molecule has 0 unspecified atom stereocenters. The van der Waals surface area contributed by atoms with Crippen molar-refractivity contribution < 1.29 is 13.2 Å². The molecule has 2 rings (SSSR count). The highest BCUT2D eigenvalue weighted by molar-refractivity contribution is 5.39. The van der Waals surface area contributed by atoms with Crippen molar-refractivity contribution in [1.29, 1.82) is 5.26 Å². The van der Waals surface area contributed by atoms with Crippen LogP contribution in [0.4, 0.5) is 13.2 Å². The van der Waals surface area contributed by atoms with E-state index in [9.17, 15) is 13.2 Å². The molecule has 0 atom stereocenters. The van der Waals surface area contributed by atoms with Crippen LogP contribution in [0.1, 0.15) is 35.6 Å². The Kier molecular flexibility index (Phi) is 2.14. The van der Waals surface area contributed by atoms with E-state index in [1.165, 1.54) is 6.07 Å². The highest BCUT2D eigenvalue weighted by atomic mass is 19.4. The second-order valence-electron chi connectivity index (χ2n) is 3.47. The van der Waals surface area contributed by atoms with E-state index in [1.807, 2.05) is 0 Å². The molecule has 0 aromatic carbocycles. The predicted molar refractivity (Wildman–Crippen MR) is 44.8 cm³/mol. The topological polar surface area (TPSA) is 36.7 Å². The second-order valence-corrected chi connectivity index (χ2v) is 3.47. The van der Waals surface area contributed by atoms with E-state index in [1.54, 1.807) is 0 Å². The van der Waals surface area contributed by atoms with Gasteiger partial charge in [-0.1, -0.05) is 0 Å². The molecule has 1 aliphatic rings. The summed E-state index contributed by atoms with van der Waals surface area (Å²) < 4.78 is 37.5. The van der Waals surface area contributed by atoms with Crippen molar-refractivity contribution in [3.63, 3.8) is 0 Å². The summed E-state index contributed by atoms with van der Waals surface area (Å²) in [6.07, 6.45) is -0.624. The van der Waals surface area contributed by atoms with Crippen LogP contribution in [-0.4, -0.2) is 4.98 Å². The zero-order valence-corrected chi connectivity index (χ0v) is 7.60. The fraction of sp³-hybridized carbons (Fsp3) is 0.400. The van der Waals surface area contributed by atoms with Crippen molar-refractivity contribution in [2.45, 2.75) is 24.9 Å². The van der Waals surface area contributed by atoms with Gasteiger partial charge in [0.2, 0.25) is 0 Å². The van der Waals surface area contributed by atoms with Gasteiger partial charge < -0.3 is 0 Å². The van der Waals surface area contributed by atoms with Crippen LogP contribution in [-0.2, 0) is 6.18 Å². The molecule has 0 spiro atoms. The Morgan fingerprint density at radius 3 is 2.60 bits per heavy atom. The first kappa shape index (κ1) is 9.97. The molecule has 0 saturated heterocycles. The molecule has 15 heavy (non-hydrogen) atoms. The van der Waals surface area contributed by atoms with Crippen LogP contribution in [0.15, 0.2) is 6.07 Å². The van der Waals surface area contributed by atoms with E-state index in [0.29, 0.717) is 5.69 Å². The number of alkyl halides is 3. The second kappa shape index (κ2) is 3.23. The van der Waals surface area contributed by atoms with Crippen molar-refractivity contribution >= 4 is 0 Å². The number of rotatable bonds is 1. The number of hydrogen-bond acceptors (Lipinski definition) is 2. The molecule has 0 N–H and O–H groups in total. The average Bonchev–Trinajstić information content (AvgIpc) is 2.98. The molecule has 1 fully saturated rings. The number of halogens is 3. The molecule has 1 aromatic rings. The van der Waals surface area contributed by atoms with Crippen LogP contribution in [0, 0.1) is 17.5 Å². The lowest BCUT2D eigenvalue weighted by molar-refractivity contribution is -0.137. The maximum Gasteiger partial charge on any atom is 0.417 e. The van der Waals surface area contributed by atoms with Crippen molar-refractivity contribution in [2.24, 2.45) is 0 Å². The fourth-order valence-corrected chi connectivity index (χ4v) is 1.33. The van der Waals surface area contributed by atoms with E-state index >= 15 is 0 Å². The molecule has 5 heteroatoms. The number of nitrogens with zero attached hydrogens (tertiary/aromatic N) is 2. The van der Waals surface area contributed by atoms with Gasteiger partial charge in [0, 0.05) is 11.6 Å². The van der Waals surface area contributed by atoms with Gasteiger partial charge in [0.1, 0.15) is 12.3 Å². The van der Waals surface area contributed by atoms with Crippen LogP contribution < -0.4 is 0 Å². The summed E-state index contributed by atoms with van der Waals surface area (Å²) in [5.74, 6) is 0.120. The summed E-state index contributed by atoms with van der Waals surface area (Å²) in [7, 11) is 0. The van der Waals surface area contributed by atoms with Crippen molar-refractivity contribution in [3.8, 4) is 6.07 Å². The zero-order valence-electron chi connectivity index (χ0n) is 7.60. The summed E-state index contributed by atoms with van der Waals surface area (Å²) in [5, 5.41) is 8.51. The van der Waals surface area contributed by atoms with Crippen molar-refractivity contribution in [3.05, 3.63) is 29.1 Å². The SMILES string of the molecule is N#Cc1[c]nc(C2CC2)cc1C(F)(F)F. The van der Waals surface area contributed by atoms with Gasteiger partial charge in [0.15, 0.2) is 0 Å². The molecule has 1 aromatic heterocycles. The Hall–Kier alpha value is -1.57. The molecule has 0 aliphatic heterocycles. The lowest BCUT2D eigenvalue weighted by Crippen LogP contribution is -2.09. The van der Waals surface area contributed by atoms with Crippen LogP contribution in [0.3, 0.4) is 0 Å². The summed E-state index contributed by atoms with van der Waals surface area (Å²) in [4.78, 5) is 3.74. The minimum atomic E-state index is -4.51. The number of nitriles is 1. The number of hydrogen-bond donors (Lipinski definition) is 0.